The van der Waals surface area contributed by atoms with Gasteiger partial charge in [-0.05, 0) is 90.3 Å². The Labute approximate surface area is 313 Å². The van der Waals surface area contributed by atoms with Gasteiger partial charge in [-0.3, -0.25) is 14.7 Å². The number of nitrogens with zero attached hydrogens (tertiary/aromatic N) is 1. The molecule has 0 fully saturated rings. The van der Waals surface area contributed by atoms with Crippen LogP contribution in [0, 0.1) is 0 Å². The summed E-state index contributed by atoms with van der Waals surface area (Å²) >= 11 is 6.13. The van der Waals surface area contributed by atoms with Crippen LogP contribution >= 0.6 is 11.6 Å². The van der Waals surface area contributed by atoms with E-state index in [0.717, 1.165) is 42.7 Å². The Morgan fingerprint density at radius 2 is 1.47 bits per heavy atom. The highest BCUT2D eigenvalue weighted by molar-refractivity contribution is 6.30. The summed E-state index contributed by atoms with van der Waals surface area (Å²) in [7, 11) is 0. The van der Waals surface area contributed by atoms with Gasteiger partial charge < -0.3 is 14.8 Å². The first kappa shape index (κ1) is 39.3. The molecule has 0 spiro atoms. The van der Waals surface area contributed by atoms with Crippen LogP contribution < -0.4 is 20.3 Å². The number of anilines is 1. The van der Waals surface area contributed by atoms with Gasteiger partial charge in [0.2, 0.25) is 5.75 Å². The first-order valence-corrected chi connectivity index (χ1v) is 18.0. The maximum Gasteiger partial charge on any atom is 0.416 e. The minimum absolute atomic E-state index is 0.0258. The van der Waals surface area contributed by atoms with Gasteiger partial charge in [-0.25, -0.2) is 4.68 Å². The van der Waals surface area contributed by atoms with E-state index < -0.39 is 29.3 Å². The molecular formula is C42H45ClF3N3O4. The molecule has 0 aliphatic rings. The van der Waals surface area contributed by atoms with Gasteiger partial charge in [-0.2, -0.15) is 13.2 Å². The SMILES string of the molecule is CCC(Oc1ccc(C(C)(C)CC)cc1C(C)(C)CC)C(=O)Nc1ccccc1-n1[nH]c(-c2ccc(Cl)cc2)c(Oc2ccc(C(F)(F)F)cc2)c1=O. The van der Waals surface area contributed by atoms with Crippen molar-refractivity contribution in [3.05, 3.63) is 123 Å². The zero-order chi connectivity index (χ0) is 38.7. The second kappa shape index (κ2) is 15.6. The number of alkyl halides is 3. The number of ether oxygens (including phenoxy) is 2. The molecule has 1 unspecified atom stereocenters. The zero-order valence-corrected chi connectivity index (χ0v) is 31.7. The number of carbonyl (C=O) groups is 1. The number of hydrogen-bond acceptors (Lipinski definition) is 4. The third-order valence-corrected chi connectivity index (χ3v) is 10.2. The summed E-state index contributed by atoms with van der Waals surface area (Å²) in [5, 5.41) is 6.51. The van der Waals surface area contributed by atoms with Crippen molar-refractivity contribution in [1.29, 1.82) is 0 Å². The number of para-hydroxylation sites is 2. The van der Waals surface area contributed by atoms with E-state index in [2.05, 4.69) is 64.1 Å². The molecule has 2 N–H and O–H groups in total. The molecule has 1 atom stereocenters. The van der Waals surface area contributed by atoms with Gasteiger partial charge in [-0.15, -0.1) is 0 Å². The number of H-pyrrole nitrogens is 1. The van der Waals surface area contributed by atoms with Crippen LogP contribution in [0.4, 0.5) is 18.9 Å². The van der Waals surface area contributed by atoms with Crippen LogP contribution in [-0.4, -0.2) is 21.8 Å². The molecule has 1 amide bonds. The fourth-order valence-corrected chi connectivity index (χ4v) is 5.89. The molecule has 0 aliphatic heterocycles. The van der Waals surface area contributed by atoms with Gasteiger partial charge in [0.15, 0.2) is 6.10 Å². The first-order valence-electron chi connectivity index (χ1n) is 17.7. The fourth-order valence-electron chi connectivity index (χ4n) is 5.77. The van der Waals surface area contributed by atoms with Crippen LogP contribution in [0.2, 0.25) is 5.02 Å². The molecule has 0 saturated carbocycles. The van der Waals surface area contributed by atoms with Crippen LogP contribution in [-0.2, 0) is 21.8 Å². The zero-order valence-electron chi connectivity index (χ0n) is 31.0. The third kappa shape index (κ3) is 8.65. The number of benzene rings is 4. The highest BCUT2D eigenvalue weighted by Crippen LogP contribution is 2.39. The second-order valence-electron chi connectivity index (χ2n) is 14.3. The number of hydrogen-bond donors (Lipinski definition) is 2. The molecule has 0 aliphatic carbocycles. The van der Waals surface area contributed by atoms with Gasteiger partial charge in [0.25, 0.3) is 5.91 Å². The van der Waals surface area contributed by atoms with Crippen molar-refractivity contribution in [2.75, 3.05) is 5.32 Å². The average molecular weight is 748 g/mol. The highest BCUT2D eigenvalue weighted by atomic mass is 35.5. The minimum atomic E-state index is -4.53. The van der Waals surface area contributed by atoms with Gasteiger partial charge >= 0.3 is 11.7 Å². The molecule has 0 saturated heterocycles. The van der Waals surface area contributed by atoms with Crippen LogP contribution in [0.25, 0.3) is 16.9 Å². The number of amides is 1. The first-order chi connectivity index (χ1) is 25.0. The molecule has 5 rings (SSSR count). The molecule has 280 valence electrons. The van der Waals surface area contributed by atoms with E-state index in [9.17, 15) is 22.8 Å². The van der Waals surface area contributed by atoms with Crippen LogP contribution in [0.3, 0.4) is 0 Å². The summed E-state index contributed by atoms with van der Waals surface area (Å²) in [6.07, 6.45) is -3.19. The van der Waals surface area contributed by atoms with E-state index in [1.807, 2.05) is 13.0 Å². The quantitative estimate of drug-likeness (QED) is 0.126. The summed E-state index contributed by atoms with van der Waals surface area (Å²) in [5.41, 5.74) is 1.90. The van der Waals surface area contributed by atoms with E-state index in [1.165, 1.54) is 10.2 Å². The van der Waals surface area contributed by atoms with Crippen molar-refractivity contribution in [2.45, 2.75) is 90.8 Å². The summed E-state index contributed by atoms with van der Waals surface area (Å²) in [5.74, 6) is 0.0969. The monoisotopic (exact) mass is 747 g/mol. The lowest BCUT2D eigenvalue weighted by Gasteiger charge is -2.31. The van der Waals surface area contributed by atoms with Crippen molar-refractivity contribution < 1.29 is 27.4 Å². The third-order valence-electron chi connectivity index (χ3n) is 9.98. The van der Waals surface area contributed by atoms with E-state index in [4.69, 9.17) is 21.1 Å². The molecule has 53 heavy (non-hydrogen) atoms. The Morgan fingerprint density at radius 1 is 0.849 bits per heavy atom. The molecule has 1 aromatic heterocycles. The largest absolute Gasteiger partial charge is 0.480 e. The minimum Gasteiger partial charge on any atom is -0.480 e. The number of rotatable bonds is 13. The lowest BCUT2D eigenvalue weighted by molar-refractivity contribution is -0.137. The van der Waals surface area contributed by atoms with Crippen molar-refractivity contribution in [3.8, 4) is 34.2 Å². The molecular weight excluding hydrogens is 703 g/mol. The summed E-state index contributed by atoms with van der Waals surface area (Å²) in [6.45, 7) is 14.9. The molecule has 7 nitrogen and oxygen atoms in total. The topological polar surface area (TPSA) is 85.3 Å². The summed E-state index contributed by atoms with van der Waals surface area (Å²) < 4.78 is 53.3. The lowest BCUT2D eigenvalue weighted by Crippen LogP contribution is -2.34. The number of aromatic nitrogens is 2. The summed E-state index contributed by atoms with van der Waals surface area (Å²) in [6, 6.07) is 23.7. The standard InChI is InChI=1S/C42H45ClF3N3O4/c1-8-34(53-35-24-19-28(40(4,5)9-2)25-31(35)41(6,7)10-3)38(50)47-32-13-11-12-14-33(32)49-39(51)37(36(48-49)26-15-20-29(43)21-16-26)52-30-22-17-27(18-23-30)42(44,45)46/h11-25,34,48H,8-10H2,1-7H3,(H,47,50). The Bertz CT molecular complexity index is 2120. The number of aromatic amines is 1. The Kier molecular flexibility index (Phi) is 11.5. The van der Waals surface area contributed by atoms with E-state index >= 15 is 0 Å². The average Bonchev–Trinajstić information content (AvgIpc) is 3.45. The number of carbonyl (C=O) groups excluding carboxylic acids is 1. The molecule has 11 heteroatoms. The number of nitrogens with one attached hydrogen (secondary N) is 2. The van der Waals surface area contributed by atoms with Crippen molar-refractivity contribution in [1.82, 2.24) is 9.78 Å². The molecule has 0 radical (unpaired) electrons. The normalized spacial score (nSPS) is 12.7. The Hall–Kier alpha value is -4.96. The Morgan fingerprint density at radius 3 is 2.08 bits per heavy atom. The molecule has 1 heterocycles. The highest BCUT2D eigenvalue weighted by Gasteiger charge is 2.31. The second-order valence-corrected chi connectivity index (χ2v) is 14.7. The fraction of sp³-hybridized carbons (Fsp3) is 0.333. The van der Waals surface area contributed by atoms with Crippen molar-refractivity contribution in [3.63, 3.8) is 0 Å². The summed E-state index contributed by atoms with van der Waals surface area (Å²) in [4.78, 5) is 28.0. The molecule has 5 aromatic rings. The van der Waals surface area contributed by atoms with E-state index in [0.29, 0.717) is 34.1 Å². The molecule has 4 aromatic carbocycles. The molecule has 0 bridgehead atoms. The lowest BCUT2D eigenvalue weighted by atomic mass is 9.76. The van der Waals surface area contributed by atoms with Gasteiger partial charge in [0.05, 0.1) is 16.9 Å². The predicted octanol–water partition coefficient (Wildman–Crippen LogP) is 11.5. The van der Waals surface area contributed by atoms with Crippen LogP contribution in [0.1, 0.15) is 84.4 Å². The van der Waals surface area contributed by atoms with Gasteiger partial charge in [-0.1, -0.05) is 96.5 Å². The van der Waals surface area contributed by atoms with Crippen LogP contribution in [0.5, 0.6) is 17.2 Å². The number of halogens is 4. The van der Waals surface area contributed by atoms with Crippen molar-refractivity contribution in [2.24, 2.45) is 0 Å². The van der Waals surface area contributed by atoms with Crippen molar-refractivity contribution >= 4 is 23.2 Å². The maximum atomic E-state index is 14.1. The van der Waals surface area contributed by atoms with E-state index in [1.54, 1.807) is 48.5 Å². The predicted molar refractivity (Wildman–Crippen MR) is 205 cm³/mol. The van der Waals surface area contributed by atoms with Crippen LogP contribution in [0.15, 0.2) is 95.8 Å². The smallest absolute Gasteiger partial charge is 0.416 e. The Balaban J connectivity index is 1.50. The van der Waals surface area contributed by atoms with E-state index in [-0.39, 0.29) is 28.0 Å². The van der Waals surface area contributed by atoms with Gasteiger partial charge in [0.1, 0.15) is 17.2 Å². The maximum absolute atomic E-state index is 14.1. The van der Waals surface area contributed by atoms with Gasteiger partial charge in [0, 0.05) is 16.1 Å².